The van der Waals surface area contributed by atoms with Gasteiger partial charge in [-0.1, -0.05) is 24.3 Å². The van der Waals surface area contributed by atoms with Gasteiger partial charge in [0.25, 0.3) is 0 Å². The molecule has 0 aliphatic rings. The number of ether oxygens (including phenoxy) is 1. The summed E-state index contributed by atoms with van der Waals surface area (Å²) in [5.74, 6) is -0.0206. The first kappa shape index (κ1) is 11.4. The number of benzene rings is 2. The van der Waals surface area contributed by atoms with E-state index in [1.807, 2.05) is 12.1 Å². The Morgan fingerprint density at radius 2 is 1.68 bits per heavy atom. The van der Waals surface area contributed by atoms with Crippen LogP contribution in [-0.4, -0.2) is 9.97 Å². The van der Waals surface area contributed by atoms with Crippen molar-refractivity contribution in [3.05, 3.63) is 54.3 Å². The van der Waals surface area contributed by atoms with Gasteiger partial charge < -0.3 is 10.5 Å². The highest BCUT2D eigenvalue weighted by molar-refractivity contribution is 5.84. The Balaban J connectivity index is 2.13. The highest BCUT2D eigenvalue weighted by atomic mass is 19.1. The molecule has 0 bridgehead atoms. The highest BCUT2D eigenvalue weighted by Crippen LogP contribution is 2.29. The number of nitrogens with zero attached hydrogens (tertiary/aromatic N) is 2. The molecule has 0 radical (unpaired) electrons. The number of para-hydroxylation sites is 2. The molecule has 94 valence electrons. The minimum absolute atomic E-state index is 0.0880. The van der Waals surface area contributed by atoms with Crippen LogP contribution in [0.25, 0.3) is 10.9 Å². The molecule has 19 heavy (non-hydrogen) atoms. The van der Waals surface area contributed by atoms with Gasteiger partial charge in [-0.15, -0.1) is 0 Å². The standard InChI is InChI=1S/C14H10FN3O/c15-10-6-2-4-8-12(10)19-13-9-5-1-3-7-11(9)17-14(16)18-13/h1-8H,(H2,16,17,18). The molecule has 0 amide bonds. The van der Waals surface area contributed by atoms with E-state index in [-0.39, 0.29) is 17.6 Å². The largest absolute Gasteiger partial charge is 0.435 e. The van der Waals surface area contributed by atoms with Crippen molar-refractivity contribution < 1.29 is 9.13 Å². The van der Waals surface area contributed by atoms with Gasteiger partial charge in [0.05, 0.1) is 10.9 Å². The van der Waals surface area contributed by atoms with E-state index in [0.717, 1.165) is 0 Å². The van der Waals surface area contributed by atoms with Crippen LogP contribution in [0.15, 0.2) is 48.5 Å². The smallest absolute Gasteiger partial charge is 0.232 e. The SMILES string of the molecule is Nc1nc(Oc2ccccc2F)c2ccccc2n1. The zero-order valence-electron chi connectivity index (χ0n) is 9.88. The minimum atomic E-state index is -0.455. The first-order valence-corrected chi connectivity index (χ1v) is 5.69. The lowest BCUT2D eigenvalue weighted by Crippen LogP contribution is -1.99. The van der Waals surface area contributed by atoms with Crippen molar-refractivity contribution in [2.24, 2.45) is 0 Å². The summed E-state index contributed by atoms with van der Waals surface area (Å²) < 4.78 is 19.1. The fourth-order valence-electron chi connectivity index (χ4n) is 1.77. The van der Waals surface area contributed by atoms with E-state index >= 15 is 0 Å². The second-order valence-corrected chi connectivity index (χ2v) is 3.94. The molecule has 0 saturated heterocycles. The maximum Gasteiger partial charge on any atom is 0.232 e. The molecule has 0 aliphatic carbocycles. The fourth-order valence-corrected chi connectivity index (χ4v) is 1.77. The first-order chi connectivity index (χ1) is 9.24. The average Bonchev–Trinajstić information content (AvgIpc) is 2.41. The van der Waals surface area contributed by atoms with Crippen molar-refractivity contribution in [1.82, 2.24) is 9.97 Å². The lowest BCUT2D eigenvalue weighted by Gasteiger charge is -2.08. The van der Waals surface area contributed by atoms with Crippen molar-refractivity contribution >= 4 is 16.9 Å². The van der Waals surface area contributed by atoms with Crippen molar-refractivity contribution in [1.29, 1.82) is 0 Å². The van der Waals surface area contributed by atoms with Crippen LogP contribution < -0.4 is 10.5 Å². The Morgan fingerprint density at radius 3 is 2.53 bits per heavy atom. The third-order valence-electron chi connectivity index (χ3n) is 2.63. The van der Waals surface area contributed by atoms with Crippen LogP contribution in [0.5, 0.6) is 11.6 Å². The molecule has 0 fully saturated rings. The van der Waals surface area contributed by atoms with Crippen LogP contribution in [0.4, 0.5) is 10.3 Å². The van der Waals surface area contributed by atoms with Crippen LogP contribution in [0.3, 0.4) is 0 Å². The summed E-state index contributed by atoms with van der Waals surface area (Å²) in [4.78, 5) is 8.11. The summed E-state index contributed by atoms with van der Waals surface area (Å²) in [5, 5.41) is 0.681. The Labute approximate surface area is 108 Å². The molecule has 3 aromatic rings. The van der Waals surface area contributed by atoms with Gasteiger partial charge in [0.1, 0.15) is 0 Å². The molecule has 0 spiro atoms. The Bertz CT molecular complexity index is 746. The number of anilines is 1. The first-order valence-electron chi connectivity index (χ1n) is 5.69. The molecule has 0 saturated carbocycles. The van der Waals surface area contributed by atoms with Crippen LogP contribution in [-0.2, 0) is 0 Å². The lowest BCUT2D eigenvalue weighted by molar-refractivity contribution is 0.432. The topological polar surface area (TPSA) is 61.0 Å². The van der Waals surface area contributed by atoms with Gasteiger partial charge >= 0.3 is 0 Å². The molecule has 2 aromatic carbocycles. The molecule has 3 rings (SSSR count). The van der Waals surface area contributed by atoms with E-state index in [1.54, 1.807) is 24.3 Å². The maximum absolute atomic E-state index is 13.6. The van der Waals surface area contributed by atoms with Gasteiger partial charge in [0, 0.05) is 0 Å². The number of fused-ring (bicyclic) bond motifs is 1. The van der Waals surface area contributed by atoms with E-state index in [9.17, 15) is 4.39 Å². The molecule has 5 heteroatoms. The number of hydrogen-bond acceptors (Lipinski definition) is 4. The Kier molecular flexibility index (Phi) is 2.72. The number of nitrogens with two attached hydrogens (primary N) is 1. The molecular weight excluding hydrogens is 245 g/mol. The van der Waals surface area contributed by atoms with Crippen molar-refractivity contribution in [3.63, 3.8) is 0 Å². The van der Waals surface area contributed by atoms with E-state index in [0.29, 0.717) is 10.9 Å². The second-order valence-electron chi connectivity index (χ2n) is 3.94. The third-order valence-corrected chi connectivity index (χ3v) is 2.63. The van der Waals surface area contributed by atoms with Gasteiger partial charge in [-0.3, -0.25) is 0 Å². The Hall–Kier alpha value is -2.69. The summed E-state index contributed by atoms with van der Waals surface area (Å²) in [7, 11) is 0. The van der Waals surface area contributed by atoms with Crippen molar-refractivity contribution in [3.8, 4) is 11.6 Å². The van der Waals surface area contributed by atoms with Gasteiger partial charge in [0.2, 0.25) is 11.8 Å². The fraction of sp³-hybridized carbons (Fsp3) is 0. The molecular formula is C14H10FN3O. The molecule has 4 nitrogen and oxygen atoms in total. The number of halogens is 1. The zero-order valence-corrected chi connectivity index (χ0v) is 9.88. The highest BCUT2D eigenvalue weighted by Gasteiger charge is 2.10. The van der Waals surface area contributed by atoms with Crippen molar-refractivity contribution in [2.45, 2.75) is 0 Å². The van der Waals surface area contributed by atoms with E-state index in [2.05, 4.69) is 9.97 Å². The predicted octanol–water partition coefficient (Wildman–Crippen LogP) is 3.14. The van der Waals surface area contributed by atoms with Crippen molar-refractivity contribution in [2.75, 3.05) is 5.73 Å². The van der Waals surface area contributed by atoms with Gasteiger partial charge in [-0.05, 0) is 24.3 Å². The summed E-state index contributed by atoms with van der Waals surface area (Å²) in [6.07, 6.45) is 0. The maximum atomic E-state index is 13.6. The minimum Gasteiger partial charge on any atom is -0.435 e. The summed E-state index contributed by atoms with van der Waals surface area (Å²) in [5.41, 5.74) is 6.27. The quantitative estimate of drug-likeness (QED) is 0.764. The number of nitrogen functional groups attached to an aromatic ring is 1. The van der Waals surface area contributed by atoms with Crippen LogP contribution in [0.2, 0.25) is 0 Å². The predicted molar refractivity (Wildman–Crippen MR) is 70.4 cm³/mol. The molecule has 1 aromatic heterocycles. The van der Waals surface area contributed by atoms with E-state index in [4.69, 9.17) is 10.5 Å². The monoisotopic (exact) mass is 255 g/mol. The van der Waals surface area contributed by atoms with Gasteiger partial charge in [0.15, 0.2) is 11.6 Å². The van der Waals surface area contributed by atoms with Crippen LogP contribution in [0.1, 0.15) is 0 Å². The van der Waals surface area contributed by atoms with Crippen LogP contribution >= 0.6 is 0 Å². The summed E-state index contributed by atoms with van der Waals surface area (Å²) >= 11 is 0. The van der Waals surface area contributed by atoms with Gasteiger partial charge in [-0.2, -0.15) is 4.98 Å². The molecule has 0 unspecified atom stereocenters. The summed E-state index contributed by atoms with van der Waals surface area (Å²) in [6.45, 7) is 0. The zero-order chi connectivity index (χ0) is 13.2. The number of aromatic nitrogens is 2. The number of hydrogen-bond donors (Lipinski definition) is 1. The van der Waals surface area contributed by atoms with Gasteiger partial charge in [-0.25, -0.2) is 9.37 Å². The summed E-state index contributed by atoms with van der Waals surface area (Å²) in [6, 6.07) is 13.4. The number of rotatable bonds is 2. The lowest BCUT2D eigenvalue weighted by atomic mass is 10.2. The average molecular weight is 255 g/mol. The Morgan fingerprint density at radius 1 is 0.947 bits per heavy atom. The molecule has 2 N–H and O–H groups in total. The second kappa shape index (κ2) is 4.53. The third kappa shape index (κ3) is 2.18. The molecule has 0 atom stereocenters. The molecule has 0 aliphatic heterocycles. The van der Waals surface area contributed by atoms with E-state index in [1.165, 1.54) is 12.1 Å². The van der Waals surface area contributed by atoms with E-state index < -0.39 is 5.82 Å². The molecule has 1 heterocycles. The van der Waals surface area contributed by atoms with Crippen LogP contribution in [0, 0.1) is 5.82 Å². The normalized spacial score (nSPS) is 10.6.